The first-order valence-corrected chi connectivity index (χ1v) is 10.8. The fraction of sp³-hybridized carbons (Fsp3) is 0.682. The summed E-state index contributed by atoms with van der Waals surface area (Å²) in [5.41, 5.74) is 1.29. The second-order valence-electron chi connectivity index (χ2n) is 9.94. The number of pyridine rings is 1. The zero-order valence-electron chi connectivity index (χ0n) is 18.4. The number of hydrogen-bond acceptors (Lipinski definition) is 4. The van der Waals surface area contributed by atoms with E-state index >= 15 is 0 Å². The molecule has 158 valence electrons. The van der Waals surface area contributed by atoms with Gasteiger partial charge in [-0.15, -0.1) is 0 Å². The lowest BCUT2D eigenvalue weighted by molar-refractivity contribution is -0.136. The fourth-order valence-corrected chi connectivity index (χ4v) is 4.97. The normalized spacial score (nSPS) is 23.0. The number of nitrogens with zero attached hydrogens (tertiary/aromatic N) is 5. The van der Waals surface area contributed by atoms with E-state index in [4.69, 9.17) is 4.98 Å². The van der Waals surface area contributed by atoms with Gasteiger partial charge in [0.1, 0.15) is 5.82 Å². The molecule has 4 heterocycles. The quantitative estimate of drug-likeness (QED) is 0.796. The number of piperidine rings is 1. The second kappa shape index (κ2) is 6.89. The zero-order chi connectivity index (χ0) is 21.0. The van der Waals surface area contributed by atoms with Gasteiger partial charge in [-0.3, -0.25) is 13.9 Å². The molecule has 2 fully saturated rings. The highest BCUT2D eigenvalue weighted by molar-refractivity contribution is 5.86. The summed E-state index contributed by atoms with van der Waals surface area (Å²) >= 11 is 0. The largest absolute Gasteiger partial charge is 0.355 e. The van der Waals surface area contributed by atoms with Crippen molar-refractivity contribution in [3.8, 4) is 0 Å². The average Bonchev–Trinajstić information content (AvgIpc) is 3.10. The van der Waals surface area contributed by atoms with E-state index < -0.39 is 0 Å². The van der Waals surface area contributed by atoms with E-state index in [-0.39, 0.29) is 16.5 Å². The third-order valence-corrected chi connectivity index (χ3v) is 6.48. The molecule has 2 aliphatic rings. The molecule has 0 aliphatic carbocycles. The third kappa shape index (κ3) is 3.34. The van der Waals surface area contributed by atoms with Crippen LogP contribution in [0.2, 0.25) is 0 Å². The molecule has 1 spiro atoms. The summed E-state index contributed by atoms with van der Waals surface area (Å²) in [6, 6.07) is 4.03. The summed E-state index contributed by atoms with van der Waals surface area (Å²) < 4.78 is 3.47. The van der Waals surface area contributed by atoms with Gasteiger partial charge >= 0.3 is 5.69 Å². The van der Waals surface area contributed by atoms with Crippen molar-refractivity contribution in [3.63, 3.8) is 0 Å². The molecular formula is C22H33N5O2. The Kier molecular flexibility index (Phi) is 4.74. The number of rotatable bonds is 3. The Balaban J connectivity index is 1.67. The van der Waals surface area contributed by atoms with Crippen LogP contribution in [0, 0.1) is 10.8 Å². The number of imidazole rings is 1. The van der Waals surface area contributed by atoms with Gasteiger partial charge in [0.25, 0.3) is 0 Å². The number of carbonyl (C=O) groups excluding carboxylic acids is 1. The summed E-state index contributed by atoms with van der Waals surface area (Å²) in [6.07, 6.45) is 2.88. The lowest BCUT2D eigenvalue weighted by Crippen LogP contribution is -2.48. The van der Waals surface area contributed by atoms with E-state index in [9.17, 15) is 9.59 Å². The predicted molar refractivity (Wildman–Crippen MR) is 115 cm³/mol. The van der Waals surface area contributed by atoms with Crippen LogP contribution in [0.4, 0.5) is 5.82 Å². The Morgan fingerprint density at radius 2 is 1.90 bits per heavy atom. The molecule has 1 atom stereocenters. The van der Waals surface area contributed by atoms with Gasteiger partial charge in [0.15, 0.2) is 5.65 Å². The van der Waals surface area contributed by atoms with Crippen molar-refractivity contribution in [3.05, 3.63) is 22.6 Å². The maximum atomic E-state index is 13.0. The molecule has 29 heavy (non-hydrogen) atoms. The smallest absolute Gasteiger partial charge is 0.330 e. The molecule has 2 aromatic heterocycles. The number of fused-ring (bicyclic) bond motifs is 1. The van der Waals surface area contributed by atoms with Crippen molar-refractivity contribution in [1.82, 2.24) is 19.0 Å². The van der Waals surface area contributed by atoms with Crippen LogP contribution < -0.4 is 10.6 Å². The van der Waals surface area contributed by atoms with Gasteiger partial charge in [0, 0.05) is 39.8 Å². The van der Waals surface area contributed by atoms with Crippen LogP contribution in [0.3, 0.4) is 0 Å². The summed E-state index contributed by atoms with van der Waals surface area (Å²) in [4.78, 5) is 34.9. The minimum absolute atomic E-state index is 0.00399. The molecule has 2 aliphatic heterocycles. The molecule has 0 N–H and O–H groups in total. The Labute approximate surface area is 172 Å². The Morgan fingerprint density at radius 3 is 2.55 bits per heavy atom. The Hall–Kier alpha value is -2.31. The second-order valence-corrected chi connectivity index (χ2v) is 9.94. The first-order valence-electron chi connectivity index (χ1n) is 10.8. The minimum atomic E-state index is -0.269. The number of anilines is 1. The van der Waals surface area contributed by atoms with E-state index in [2.05, 4.69) is 32.6 Å². The van der Waals surface area contributed by atoms with E-state index in [0.29, 0.717) is 18.1 Å². The molecule has 0 saturated carbocycles. The predicted octanol–water partition coefficient (Wildman–Crippen LogP) is 2.62. The van der Waals surface area contributed by atoms with Crippen molar-refractivity contribution < 1.29 is 4.79 Å². The lowest BCUT2D eigenvalue weighted by Gasteiger charge is -2.39. The summed E-state index contributed by atoms with van der Waals surface area (Å²) in [5.74, 6) is 1.16. The van der Waals surface area contributed by atoms with Gasteiger partial charge in [-0.25, -0.2) is 9.78 Å². The first kappa shape index (κ1) is 20.0. The van der Waals surface area contributed by atoms with Gasteiger partial charge in [-0.1, -0.05) is 20.8 Å². The van der Waals surface area contributed by atoms with E-state index in [0.717, 1.165) is 56.8 Å². The number of likely N-dealkylation sites (tertiary alicyclic amines) is 1. The Morgan fingerprint density at radius 1 is 1.14 bits per heavy atom. The molecule has 2 saturated heterocycles. The molecular weight excluding hydrogens is 366 g/mol. The van der Waals surface area contributed by atoms with Gasteiger partial charge in [-0.2, -0.15) is 0 Å². The number of aryl methyl sites for hydroxylation is 1. The first-order chi connectivity index (χ1) is 13.6. The molecule has 1 unspecified atom stereocenters. The molecule has 7 nitrogen and oxygen atoms in total. The van der Waals surface area contributed by atoms with Crippen LogP contribution in [0.5, 0.6) is 0 Å². The van der Waals surface area contributed by atoms with Crippen molar-refractivity contribution >= 4 is 22.9 Å². The van der Waals surface area contributed by atoms with Crippen LogP contribution in [0.15, 0.2) is 16.9 Å². The fourth-order valence-electron chi connectivity index (χ4n) is 4.97. The highest BCUT2D eigenvalue weighted by Gasteiger charge is 2.48. The monoisotopic (exact) mass is 399 g/mol. The van der Waals surface area contributed by atoms with E-state index in [1.54, 1.807) is 11.6 Å². The van der Waals surface area contributed by atoms with Crippen molar-refractivity contribution in [2.75, 3.05) is 31.1 Å². The van der Waals surface area contributed by atoms with Crippen molar-refractivity contribution in [2.45, 2.75) is 53.5 Å². The van der Waals surface area contributed by atoms with Gasteiger partial charge in [0.05, 0.1) is 10.9 Å². The van der Waals surface area contributed by atoms with Crippen LogP contribution in [-0.4, -0.2) is 51.1 Å². The highest BCUT2D eigenvalue weighted by Crippen LogP contribution is 2.41. The van der Waals surface area contributed by atoms with Crippen LogP contribution in [0.1, 0.15) is 47.0 Å². The SMILES string of the molecule is CCN1CCC2(CCCN(c3ccc4c(n3)n(C)c(=O)n4CC(C)(C)C)C2)C1=O. The van der Waals surface area contributed by atoms with Gasteiger partial charge < -0.3 is 9.80 Å². The van der Waals surface area contributed by atoms with E-state index in [1.165, 1.54) is 0 Å². The summed E-state index contributed by atoms with van der Waals surface area (Å²) in [7, 11) is 1.79. The average molecular weight is 400 g/mol. The maximum absolute atomic E-state index is 13.0. The number of carbonyl (C=O) groups is 1. The summed E-state index contributed by atoms with van der Waals surface area (Å²) in [5, 5.41) is 0. The molecule has 0 bridgehead atoms. The summed E-state index contributed by atoms with van der Waals surface area (Å²) in [6.45, 7) is 12.4. The zero-order valence-corrected chi connectivity index (χ0v) is 18.4. The molecule has 0 aromatic carbocycles. The van der Waals surface area contributed by atoms with Crippen LogP contribution in [-0.2, 0) is 18.4 Å². The highest BCUT2D eigenvalue weighted by atomic mass is 16.2. The molecule has 2 aromatic rings. The maximum Gasteiger partial charge on any atom is 0.330 e. The minimum Gasteiger partial charge on any atom is -0.355 e. The standard InChI is InChI=1S/C22H33N5O2/c1-6-25-13-11-22(19(25)28)10-7-12-26(15-22)17-9-8-16-18(23-17)24(5)20(29)27(16)14-21(2,3)4/h8-9H,6-7,10-15H2,1-5H3. The number of hydrogen-bond donors (Lipinski definition) is 0. The molecule has 0 radical (unpaired) electrons. The third-order valence-electron chi connectivity index (χ3n) is 6.48. The molecule has 1 amide bonds. The Bertz CT molecular complexity index is 999. The van der Waals surface area contributed by atoms with E-state index in [1.807, 2.05) is 21.6 Å². The molecule has 4 rings (SSSR count). The van der Waals surface area contributed by atoms with Gasteiger partial charge in [-0.05, 0) is 43.7 Å². The lowest BCUT2D eigenvalue weighted by atomic mass is 9.78. The number of aromatic nitrogens is 3. The van der Waals surface area contributed by atoms with Crippen molar-refractivity contribution in [2.24, 2.45) is 17.9 Å². The van der Waals surface area contributed by atoms with Crippen LogP contribution in [0.25, 0.3) is 11.2 Å². The van der Waals surface area contributed by atoms with Gasteiger partial charge in [0.2, 0.25) is 5.91 Å². The van der Waals surface area contributed by atoms with Crippen LogP contribution >= 0.6 is 0 Å². The van der Waals surface area contributed by atoms with Crippen molar-refractivity contribution in [1.29, 1.82) is 0 Å². The number of amides is 1. The molecule has 7 heteroatoms. The topological polar surface area (TPSA) is 63.4 Å².